The molecule has 0 bridgehead atoms. The van der Waals surface area contributed by atoms with Gasteiger partial charge in [-0.25, -0.2) is 0 Å². The zero-order valence-electron chi connectivity index (χ0n) is 12.4. The summed E-state index contributed by atoms with van der Waals surface area (Å²) in [7, 11) is 0. The number of hydrazone groups is 1. The Morgan fingerprint density at radius 2 is 1.38 bits per heavy atom. The van der Waals surface area contributed by atoms with Gasteiger partial charge in [0.1, 0.15) is 0 Å². The summed E-state index contributed by atoms with van der Waals surface area (Å²) >= 11 is 0. The van der Waals surface area contributed by atoms with E-state index in [1.807, 2.05) is 6.07 Å². The summed E-state index contributed by atoms with van der Waals surface area (Å²) in [6.07, 6.45) is 0. The number of rotatable bonds is 3. The monoisotopic (exact) mass is 279 g/mol. The highest BCUT2D eigenvalue weighted by molar-refractivity contribution is 5.98. The SMILES string of the molecule is C/C(=N/N1CCN(c2ccccc2)CC1)c1ccccc1. The summed E-state index contributed by atoms with van der Waals surface area (Å²) in [6, 6.07) is 21.0. The summed E-state index contributed by atoms with van der Waals surface area (Å²) < 4.78 is 0. The minimum Gasteiger partial charge on any atom is -0.368 e. The normalized spacial score (nSPS) is 16.1. The van der Waals surface area contributed by atoms with Gasteiger partial charge < -0.3 is 4.90 Å². The first-order valence-electron chi connectivity index (χ1n) is 7.48. The molecule has 2 aromatic carbocycles. The Kier molecular flexibility index (Phi) is 4.20. The van der Waals surface area contributed by atoms with Gasteiger partial charge in [0.05, 0.1) is 18.8 Å². The van der Waals surface area contributed by atoms with Crippen molar-refractivity contribution in [3.63, 3.8) is 0 Å². The summed E-state index contributed by atoms with van der Waals surface area (Å²) in [5.74, 6) is 0. The van der Waals surface area contributed by atoms with E-state index in [1.165, 1.54) is 11.3 Å². The predicted octanol–water partition coefficient (Wildman–Crippen LogP) is 3.23. The molecule has 0 saturated carbocycles. The van der Waals surface area contributed by atoms with Crippen molar-refractivity contribution in [2.75, 3.05) is 31.1 Å². The smallest absolute Gasteiger partial charge is 0.0646 e. The third-order valence-corrected chi connectivity index (χ3v) is 3.86. The lowest BCUT2D eigenvalue weighted by molar-refractivity contribution is 0.270. The standard InChI is InChI=1S/C18H21N3/c1-16(17-8-4-2-5-9-17)19-21-14-12-20(13-15-21)18-10-6-3-7-11-18/h2-11H,12-15H2,1H3/b19-16-. The maximum atomic E-state index is 4.76. The van der Waals surface area contributed by atoms with Gasteiger partial charge in [0, 0.05) is 18.8 Å². The Hall–Kier alpha value is -2.29. The molecule has 0 aromatic heterocycles. The summed E-state index contributed by atoms with van der Waals surface area (Å²) in [5.41, 5.74) is 3.59. The molecular formula is C18H21N3. The Morgan fingerprint density at radius 3 is 2.00 bits per heavy atom. The fourth-order valence-electron chi connectivity index (χ4n) is 2.64. The second-order valence-electron chi connectivity index (χ2n) is 5.33. The molecule has 0 unspecified atom stereocenters. The van der Waals surface area contributed by atoms with E-state index in [9.17, 15) is 0 Å². The summed E-state index contributed by atoms with van der Waals surface area (Å²) in [6.45, 7) is 6.07. The highest BCUT2D eigenvalue weighted by Crippen LogP contribution is 2.16. The third-order valence-electron chi connectivity index (χ3n) is 3.86. The molecule has 1 fully saturated rings. The lowest BCUT2D eigenvalue weighted by atomic mass is 10.1. The first kappa shape index (κ1) is 13.7. The van der Waals surface area contributed by atoms with E-state index < -0.39 is 0 Å². The molecule has 0 radical (unpaired) electrons. The lowest BCUT2D eigenvalue weighted by Crippen LogP contribution is -2.44. The van der Waals surface area contributed by atoms with Crippen LogP contribution in [0.2, 0.25) is 0 Å². The maximum Gasteiger partial charge on any atom is 0.0646 e. The summed E-state index contributed by atoms with van der Waals surface area (Å²) in [5, 5.41) is 6.94. The van der Waals surface area contributed by atoms with E-state index in [-0.39, 0.29) is 0 Å². The highest BCUT2D eigenvalue weighted by atomic mass is 15.5. The molecule has 0 aliphatic carbocycles. The van der Waals surface area contributed by atoms with Gasteiger partial charge in [0.15, 0.2) is 0 Å². The first-order valence-corrected chi connectivity index (χ1v) is 7.48. The molecule has 21 heavy (non-hydrogen) atoms. The first-order chi connectivity index (χ1) is 10.3. The molecule has 2 aromatic rings. The van der Waals surface area contributed by atoms with Crippen molar-refractivity contribution in [2.24, 2.45) is 5.10 Å². The van der Waals surface area contributed by atoms with Crippen LogP contribution in [0.15, 0.2) is 65.8 Å². The van der Waals surface area contributed by atoms with Gasteiger partial charge in [0.2, 0.25) is 0 Å². The van der Waals surface area contributed by atoms with E-state index in [2.05, 4.69) is 71.4 Å². The Morgan fingerprint density at radius 1 is 0.810 bits per heavy atom. The van der Waals surface area contributed by atoms with Crippen molar-refractivity contribution < 1.29 is 0 Å². The molecule has 0 N–H and O–H groups in total. The third kappa shape index (κ3) is 3.43. The molecule has 0 amide bonds. The highest BCUT2D eigenvalue weighted by Gasteiger charge is 2.15. The quantitative estimate of drug-likeness (QED) is 0.803. The minimum absolute atomic E-state index is 0.971. The average Bonchev–Trinajstić information content (AvgIpc) is 2.57. The molecule has 3 rings (SSSR count). The molecule has 3 heteroatoms. The lowest BCUT2D eigenvalue weighted by Gasteiger charge is -2.34. The number of anilines is 1. The van der Waals surface area contributed by atoms with Gasteiger partial charge in [-0.3, -0.25) is 5.01 Å². The molecule has 1 aliphatic rings. The van der Waals surface area contributed by atoms with Gasteiger partial charge in [-0.1, -0.05) is 48.5 Å². The zero-order valence-corrected chi connectivity index (χ0v) is 12.4. The fraction of sp³-hybridized carbons (Fsp3) is 0.278. The fourth-order valence-corrected chi connectivity index (χ4v) is 2.64. The van der Waals surface area contributed by atoms with Crippen molar-refractivity contribution in [1.82, 2.24) is 5.01 Å². The minimum atomic E-state index is 0.971. The van der Waals surface area contributed by atoms with Gasteiger partial charge in [-0.2, -0.15) is 5.10 Å². The Balaban J connectivity index is 1.61. The van der Waals surface area contributed by atoms with Crippen LogP contribution in [0.5, 0.6) is 0 Å². The molecule has 1 saturated heterocycles. The number of hydrogen-bond donors (Lipinski definition) is 0. The van der Waals surface area contributed by atoms with Crippen LogP contribution in [0.4, 0.5) is 5.69 Å². The molecular weight excluding hydrogens is 258 g/mol. The van der Waals surface area contributed by atoms with Crippen LogP contribution in [-0.4, -0.2) is 36.9 Å². The molecule has 1 aliphatic heterocycles. The molecule has 108 valence electrons. The number of nitrogens with zero attached hydrogens (tertiary/aromatic N) is 3. The predicted molar refractivity (Wildman–Crippen MR) is 88.9 cm³/mol. The van der Waals surface area contributed by atoms with Gasteiger partial charge in [0.25, 0.3) is 0 Å². The van der Waals surface area contributed by atoms with E-state index >= 15 is 0 Å². The van der Waals surface area contributed by atoms with Crippen LogP contribution in [0, 0.1) is 0 Å². The van der Waals surface area contributed by atoms with Crippen molar-refractivity contribution in [3.8, 4) is 0 Å². The molecule has 0 spiro atoms. The van der Waals surface area contributed by atoms with E-state index in [1.54, 1.807) is 0 Å². The maximum absolute atomic E-state index is 4.76. The van der Waals surface area contributed by atoms with E-state index in [0.29, 0.717) is 0 Å². The Labute approximate surface area is 126 Å². The number of benzene rings is 2. The van der Waals surface area contributed by atoms with Gasteiger partial charge >= 0.3 is 0 Å². The van der Waals surface area contributed by atoms with Crippen molar-refractivity contribution >= 4 is 11.4 Å². The summed E-state index contributed by atoms with van der Waals surface area (Å²) in [4.78, 5) is 2.42. The van der Waals surface area contributed by atoms with Gasteiger partial charge in [-0.15, -0.1) is 0 Å². The molecule has 1 heterocycles. The van der Waals surface area contributed by atoms with Crippen LogP contribution in [0.3, 0.4) is 0 Å². The van der Waals surface area contributed by atoms with Crippen molar-refractivity contribution in [2.45, 2.75) is 6.92 Å². The zero-order chi connectivity index (χ0) is 14.5. The molecule has 0 atom stereocenters. The van der Waals surface area contributed by atoms with Crippen molar-refractivity contribution in [1.29, 1.82) is 0 Å². The second-order valence-corrected chi connectivity index (χ2v) is 5.33. The van der Waals surface area contributed by atoms with Gasteiger partial charge in [-0.05, 0) is 24.6 Å². The van der Waals surface area contributed by atoms with Crippen LogP contribution in [0.25, 0.3) is 0 Å². The number of hydrogen-bond acceptors (Lipinski definition) is 3. The second kappa shape index (κ2) is 6.44. The van der Waals surface area contributed by atoms with Crippen LogP contribution in [0.1, 0.15) is 12.5 Å². The van der Waals surface area contributed by atoms with E-state index in [4.69, 9.17) is 5.10 Å². The van der Waals surface area contributed by atoms with Crippen LogP contribution >= 0.6 is 0 Å². The van der Waals surface area contributed by atoms with Crippen molar-refractivity contribution in [3.05, 3.63) is 66.2 Å². The van der Waals surface area contributed by atoms with Crippen LogP contribution in [-0.2, 0) is 0 Å². The van der Waals surface area contributed by atoms with E-state index in [0.717, 1.165) is 31.9 Å². The topological polar surface area (TPSA) is 18.8 Å². The average molecular weight is 279 g/mol. The number of piperazine rings is 1. The largest absolute Gasteiger partial charge is 0.368 e. The Bertz CT molecular complexity index is 584. The molecule has 3 nitrogen and oxygen atoms in total. The number of para-hydroxylation sites is 1. The van der Waals surface area contributed by atoms with Crippen LogP contribution < -0.4 is 4.90 Å².